The Kier molecular flexibility index (Phi) is 1.62. The zero-order chi connectivity index (χ0) is 10.3. The summed E-state index contributed by atoms with van der Waals surface area (Å²) in [6.07, 6.45) is 0. The second kappa shape index (κ2) is 2.95. The van der Waals surface area contributed by atoms with Gasteiger partial charge in [0.1, 0.15) is 11.2 Å². The van der Waals surface area contributed by atoms with Gasteiger partial charge in [0.25, 0.3) is 0 Å². The van der Waals surface area contributed by atoms with Crippen molar-refractivity contribution in [3.05, 3.63) is 58.8 Å². The lowest BCUT2D eigenvalue weighted by Gasteiger charge is -1.99. The fourth-order valence-corrected chi connectivity index (χ4v) is 1.69. The van der Waals surface area contributed by atoms with Gasteiger partial charge in [0.05, 0.1) is 10.8 Å². The lowest BCUT2D eigenvalue weighted by Crippen LogP contribution is -2.01. The maximum Gasteiger partial charge on any atom is 0.200 e. The van der Waals surface area contributed by atoms with Crippen molar-refractivity contribution < 1.29 is 4.42 Å². The number of hydrogen-bond acceptors (Lipinski definition) is 2. The Morgan fingerprint density at radius 2 is 1.80 bits per heavy atom. The van der Waals surface area contributed by atoms with Crippen LogP contribution in [0.2, 0.25) is 0 Å². The molecule has 0 N–H and O–H groups in total. The Balaban J connectivity index is 2.66. The van der Waals surface area contributed by atoms with Crippen LogP contribution in [0.5, 0.6) is 0 Å². The Hall–Kier alpha value is -2.09. The summed E-state index contributed by atoms with van der Waals surface area (Å²) in [5, 5.41) is 1.23. The minimum Gasteiger partial charge on any atom is -0.456 e. The normalized spacial score (nSPS) is 10.9. The molecule has 1 heterocycles. The van der Waals surface area contributed by atoms with Crippen LogP contribution in [-0.4, -0.2) is 0 Å². The van der Waals surface area contributed by atoms with Crippen LogP contribution in [0.25, 0.3) is 21.9 Å². The molecule has 0 aliphatic heterocycles. The van der Waals surface area contributed by atoms with Crippen molar-refractivity contribution in [2.24, 2.45) is 0 Å². The van der Waals surface area contributed by atoms with Gasteiger partial charge < -0.3 is 4.42 Å². The molecule has 2 heteroatoms. The van der Waals surface area contributed by atoms with Gasteiger partial charge in [-0.1, -0.05) is 18.2 Å². The van der Waals surface area contributed by atoms with Crippen LogP contribution in [0.3, 0.4) is 0 Å². The minimum atomic E-state index is 0.0147. The van der Waals surface area contributed by atoms with Gasteiger partial charge in [-0.2, -0.15) is 0 Å². The predicted octanol–water partition coefficient (Wildman–Crippen LogP) is 2.75. The van der Waals surface area contributed by atoms with E-state index in [-0.39, 0.29) is 5.43 Å². The summed E-state index contributed by atoms with van der Waals surface area (Å²) in [5.74, 6) is 0. The zero-order valence-electron chi connectivity index (χ0n) is 7.86. The van der Waals surface area contributed by atoms with Crippen LogP contribution in [-0.2, 0) is 0 Å². The van der Waals surface area contributed by atoms with E-state index in [1.165, 1.54) is 0 Å². The summed E-state index contributed by atoms with van der Waals surface area (Å²) in [6.45, 7) is 0. The molecule has 2 aromatic carbocycles. The third kappa shape index (κ3) is 1.15. The number of rotatable bonds is 0. The van der Waals surface area contributed by atoms with Gasteiger partial charge >= 0.3 is 0 Å². The molecule has 0 atom stereocenters. The molecule has 1 aromatic heterocycles. The number of para-hydroxylation sites is 1. The summed E-state index contributed by atoms with van der Waals surface area (Å²) < 4.78 is 5.60. The molecule has 15 heavy (non-hydrogen) atoms. The molecule has 0 amide bonds. The first-order valence-corrected chi connectivity index (χ1v) is 4.68. The van der Waals surface area contributed by atoms with E-state index in [9.17, 15) is 4.79 Å². The van der Waals surface area contributed by atoms with Gasteiger partial charge in [-0.25, -0.2) is 0 Å². The average molecular weight is 195 g/mol. The summed E-state index contributed by atoms with van der Waals surface area (Å²) in [5.41, 5.74) is 1.22. The van der Waals surface area contributed by atoms with E-state index < -0.39 is 0 Å². The first-order valence-electron chi connectivity index (χ1n) is 4.68. The van der Waals surface area contributed by atoms with E-state index in [1.54, 1.807) is 30.3 Å². The molecule has 1 radical (unpaired) electrons. The van der Waals surface area contributed by atoms with E-state index in [0.29, 0.717) is 21.9 Å². The third-order valence-electron chi connectivity index (χ3n) is 2.42. The Morgan fingerprint density at radius 1 is 1.00 bits per heavy atom. The first-order chi connectivity index (χ1) is 7.36. The second-order valence-corrected chi connectivity index (χ2v) is 3.35. The van der Waals surface area contributed by atoms with Gasteiger partial charge in [0.15, 0.2) is 0 Å². The molecule has 3 aromatic rings. The van der Waals surface area contributed by atoms with Gasteiger partial charge in [0, 0.05) is 0 Å². The highest BCUT2D eigenvalue weighted by Crippen LogP contribution is 2.17. The molecule has 0 bridgehead atoms. The highest BCUT2D eigenvalue weighted by molar-refractivity contribution is 5.89. The molecule has 0 aliphatic rings. The van der Waals surface area contributed by atoms with Crippen LogP contribution in [0.1, 0.15) is 0 Å². The maximum absolute atomic E-state index is 12.0. The van der Waals surface area contributed by atoms with Gasteiger partial charge in [0.2, 0.25) is 5.43 Å². The molecule has 0 spiro atoms. The number of hydrogen-bond donors (Lipinski definition) is 0. The Bertz CT molecular complexity index is 638. The standard InChI is InChI=1S/C13H7O2/c14-13-9-5-1-3-7-11(9)15-12-8-4-2-6-10(12)13/h1-3,5-8H. The summed E-state index contributed by atoms with van der Waals surface area (Å²) in [4.78, 5) is 12.0. The molecule has 0 aliphatic carbocycles. The molecule has 3 rings (SSSR count). The van der Waals surface area contributed by atoms with E-state index in [1.807, 2.05) is 12.1 Å². The summed E-state index contributed by atoms with van der Waals surface area (Å²) in [6, 6.07) is 15.3. The highest BCUT2D eigenvalue weighted by Gasteiger charge is 2.05. The largest absolute Gasteiger partial charge is 0.456 e. The predicted molar refractivity (Wildman–Crippen MR) is 58.8 cm³/mol. The summed E-state index contributed by atoms with van der Waals surface area (Å²) in [7, 11) is 0. The van der Waals surface area contributed by atoms with Crippen molar-refractivity contribution in [3.63, 3.8) is 0 Å². The lowest BCUT2D eigenvalue weighted by molar-refractivity contribution is 0.660. The van der Waals surface area contributed by atoms with Crippen molar-refractivity contribution in [1.29, 1.82) is 0 Å². The van der Waals surface area contributed by atoms with Crippen molar-refractivity contribution >= 4 is 21.9 Å². The van der Waals surface area contributed by atoms with Crippen LogP contribution in [0, 0.1) is 6.07 Å². The van der Waals surface area contributed by atoms with E-state index in [0.717, 1.165) is 0 Å². The van der Waals surface area contributed by atoms with Crippen LogP contribution < -0.4 is 5.43 Å². The van der Waals surface area contributed by atoms with Gasteiger partial charge in [-0.3, -0.25) is 4.79 Å². The molecule has 71 valence electrons. The molecule has 2 nitrogen and oxygen atoms in total. The molecular formula is C13H7O2. The first kappa shape index (κ1) is 8.24. The SMILES string of the molecule is O=c1c2cc[c]cc2oc2ccccc12. The lowest BCUT2D eigenvalue weighted by atomic mass is 10.1. The Morgan fingerprint density at radius 3 is 2.73 bits per heavy atom. The van der Waals surface area contributed by atoms with Crippen molar-refractivity contribution in [2.45, 2.75) is 0 Å². The maximum atomic E-state index is 12.0. The monoisotopic (exact) mass is 195 g/mol. The Labute approximate surface area is 85.8 Å². The third-order valence-corrected chi connectivity index (χ3v) is 2.42. The van der Waals surface area contributed by atoms with E-state index in [2.05, 4.69) is 6.07 Å². The molecule has 0 saturated carbocycles. The van der Waals surface area contributed by atoms with Crippen molar-refractivity contribution in [3.8, 4) is 0 Å². The van der Waals surface area contributed by atoms with Crippen LogP contribution in [0.4, 0.5) is 0 Å². The fraction of sp³-hybridized carbons (Fsp3) is 0. The van der Waals surface area contributed by atoms with Crippen LogP contribution >= 0.6 is 0 Å². The number of fused-ring (bicyclic) bond motifs is 2. The molecule has 0 fully saturated rings. The smallest absolute Gasteiger partial charge is 0.200 e. The van der Waals surface area contributed by atoms with E-state index in [4.69, 9.17) is 4.42 Å². The average Bonchev–Trinajstić information content (AvgIpc) is 2.30. The van der Waals surface area contributed by atoms with Crippen molar-refractivity contribution in [1.82, 2.24) is 0 Å². The second-order valence-electron chi connectivity index (χ2n) is 3.35. The molecular weight excluding hydrogens is 188 g/mol. The molecule has 0 saturated heterocycles. The minimum absolute atomic E-state index is 0.0147. The topological polar surface area (TPSA) is 30.2 Å². The summed E-state index contributed by atoms with van der Waals surface area (Å²) >= 11 is 0. The molecule has 0 unspecified atom stereocenters. The van der Waals surface area contributed by atoms with Gasteiger partial charge in [-0.05, 0) is 30.3 Å². The number of benzene rings is 2. The van der Waals surface area contributed by atoms with E-state index >= 15 is 0 Å². The highest BCUT2D eigenvalue weighted by atomic mass is 16.3. The van der Waals surface area contributed by atoms with Gasteiger partial charge in [-0.15, -0.1) is 0 Å². The fourth-order valence-electron chi connectivity index (χ4n) is 1.69. The van der Waals surface area contributed by atoms with Crippen molar-refractivity contribution in [2.75, 3.05) is 0 Å². The quantitative estimate of drug-likeness (QED) is 0.516. The zero-order valence-corrected chi connectivity index (χ0v) is 7.86. The van der Waals surface area contributed by atoms with Crippen LogP contribution in [0.15, 0.2) is 51.7 Å².